The van der Waals surface area contributed by atoms with Gasteiger partial charge in [-0.05, 0) is 47.3 Å². The first-order valence-electron chi connectivity index (χ1n) is 8.31. The van der Waals surface area contributed by atoms with Crippen LogP contribution in [0.2, 0.25) is 0 Å². The van der Waals surface area contributed by atoms with Crippen molar-refractivity contribution in [3.05, 3.63) is 70.4 Å². The Kier molecular flexibility index (Phi) is 5.31. The summed E-state index contributed by atoms with van der Waals surface area (Å²) in [6.45, 7) is 0. The van der Waals surface area contributed by atoms with Crippen LogP contribution in [0.3, 0.4) is 0 Å². The second-order valence-corrected chi connectivity index (χ2v) is 7.61. The summed E-state index contributed by atoms with van der Waals surface area (Å²) in [6.07, 6.45) is 1.65. The number of benzene rings is 2. The Morgan fingerprint density at radius 2 is 2.04 bits per heavy atom. The van der Waals surface area contributed by atoms with E-state index in [4.69, 9.17) is 9.47 Å². The summed E-state index contributed by atoms with van der Waals surface area (Å²) in [4.78, 5) is 17.1. The van der Waals surface area contributed by atoms with E-state index in [1.165, 1.54) is 29.8 Å². The monoisotopic (exact) mass is 409 g/mol. The number of anilines is 1. The molecule has 0 radical (unpaired) electrons. The number of hydrogen-bond donors (Lipinski definition) is 1. The fourth-order valence-electron chi connectivity index (χ4n) is 2.48. The first kappa shape index (κ1) is 18.1. The van der Waals surface area contributed by atoms with Crippen LogP contribution < -0.4 is 14.9 Å². The van der Waals surface area contributed by atoms with Crippen molar-refractivity contribution in [1.29, 1.82) is 0 Å². The number of esters is 1. The SMILES string of the molecule is COc1cc(C=NNc2nc3ccccc3s2)ccc1OC(=O)c1cccs1. The smallest absolute Gasteiger partial charge is 0.353 e. The van der Waals surface area contributed by atoms with Gasteiger partial charge in [0, 0.05) is 0 Å². The molecule has 2 aromatic heterocycles. The van der Waals surface area contributed by atoms with Gasteiger partial charge < -0.3 is 9.47 Å². The molecule has 0 atom stereocenters. The molecule has 28 heavy (non-hydrogen) atoms. The molecule has 8 heteroatoms. The lowest BCUT2D eigenvalue weighted by Crippen LogP contribution is -2.07. The van der Waals surface area contributed by atoms with Crippen molar-refractivity contribution >= 4 is 50.2 Å². The Morgan fingerprint density at radius 3 is 2.82 bits per heavy atom. The van der Waals surface area contributed by atoms with Crippen LogP contribution in [0.25, 0.3) is 10.2 Å². The molecule has 0 spiro atoms. The third-order valence-electron chi connectivity index (χ3n) is 3.78. The standard InChI is InChI=1S/C20H15N3O3S2/c1-25-16-11-13(8-9-15(16)26-19(24)18-7-4-10-27-18)12-21-23-20-22-14-5-2-3-6-17(14)28-20/h2-12H,1H3,(H,22,23). The summed E-state index contributed by atoms with van der Waals surface area (Å²) in [7, 11) is 1.53. The van der Waals surface area contributed by atoms with Gasteiger partial charge in [0.2, 0.25) is 5.13 Å². The van der Waals surface area contributed by atoms with Gasteiger partial charge in [0.25, 0.3) is 0 Å². The zero-order valence-electron chi connectivity index (χ0n) is 14.8. The molecule has 140 valence electrons. The van der Waals surface area contributed by atoms with Crippen LogP contribution in [0.1, 0.15) is 15.2 Å². The molecule has 0 saturated heterocycles. The third-order valence-corrected chi connectivity index (χ3v) is 5.57. The second-order valence-electron chi connectivity index (χ2n) is 5.63. The highest BCUT2D eigenvalue weighted by atomic mass is 32.1. The first-order chi connectivity index (χ1) is 13.7. The molecule has 0 fully saturated rings. The van der Waals surface area contributed by atoms with Crippen LogP contribution in [0.15, 0.2) is 65.1 Å². The Hall–Kier alpha value is -3.23. The van der Waals surface area contributed by atoms with Gasteiger partial charge in [0.15, 0.2) is 11.5 Å². The average Bonchev–Trinajstić information content (AvgIpc) is 3.38. The van der Waals surface area contributed by atoms with Crippen LogP contribution in [-0.4, -0.2) is 24.3 Å². The van der Waals surface area contributed by atoms with Gasteiger partial charge in [0.1, 0.15) is 4.88 Å². The Bertz CT molecular complexity index is 1100. The van der Waals surface area contributed by atoms with E-state index >= 15 is 0 Å². The lowest BCUT2D eigenvalue weighted by molar-refractivity contribution is 0.0735. The second kappa shape index (κ2) is 8.20. The number of aromatic nitrogens is 1. The maximum Gasteiger partial charge on any atom is 0.353 e. The number of thiazole rings is 1. The summed E-state index contributed by atoms with van der Waals surface area (Å²) in [6, 6.07) is 16.7. The molecule has 1 N–H and O–H groups in total. The van der Waals surface area contributed by atoms with Crippen LogP contribution in [0, 0.1) is 0 Å². The molecule has 0 saturated carbocycles. The number of methoxy groups -OCH3 is 1. The largest absolute Gasteiger partial charge is 0.493 e. The molecule has 4 rings (SSSR count). The molecule has 0 unspecified atom stereocenters. The summed E-state index contributed by atoms with van der Waals surface area (Å²) in [5.74, 6) is 0.401. The van der Waals surface area contributed by atoms with Crippen molar-refractivity contribution in [2.75, 3.05) is 12.5 Å². The van der Waals surface area contributed by atoms with E-state index in [0.717, 1.165) is 15.8 Å². The molecular formula is C20H15N3O3S2. The highest BCUT2D eigenvalue weighted by molar-refractivity contribution is 7.22. The quantitative estimate of drug-likeness (QED) is 0.209. The minimum absolute atomic E-state index is 0.359. The molecule has 0 aliphatic carbocycles. The van der Waals surface area contributed by atoms with E-state index in [9.17, 15) is 4.79 Å². The van der Waals surface area contributed by atoms with Crippen LogP contribution in [-0.2, 0) is 0 Å². The molecule has 0 aliphatic rings. The van der Waals surface area contributed by atoms with E-state index in [0.29, 0.717) is 21.5 Å². The number of hydrazone groups is 1. The van der Waals surface area contributed by atoms with Crippen molar-refractivity contribution in [1.82, 2.24) is 4.98 Å². The van der Waals surface area contributed by atoms with Crippen LogP contribution in [0.5, 0.6) is 11.5 Å². The number of hydrogen-bond acceptors (Lipinski definition) is 8. The molecule has 0 amide bonds. The van der Waals surface area contributed by atoms with Crippen LogP contribution >= 0.6 is 22.7 Å². The number of ether oxygens (including phenoxy) is 2. The average molecular weight is 409 g/mol. The maximum absolute atomic E-state index is 12.1. The first-order valence-corrected chi connectivity index (χ1v) is 10.0. The zero-order valence-corrected chi connectivity index (χ0v) is 16.4. The number of fused-ring (bicyclic) bond motifs is 1. The van der Waals surface area contributed by atoms with E-state index in [1.54, 1.807) is 36.5 Å². The number of carbonyl (C=O) groups excluding carboxylic acids is 1. The van der Waals surface area contributed by atoms with E-state index in [2.05, 4.69) is 15.5 Å². The predicted molar refractivity (Wildman–Crippen MR) is 113 cm³/mol. The number of para-hydroxylation sites is 1. The van der Waals surface area contributed by atoms with Gasteiger partial charge >= 0.3 is 5.97 Å². The molecule has 2 heterocycles. The molecule has 6 nitrogen and oxygen atoms in total. The van der Waals surface area contributed by atoms with Gasteiger partial charge in [-0.25, -0.2) is 9.78 Å². The summed E-state index contributed by atoms with van der Waals surface area (Å²) in [5.41, 5.74) is 4.66. The number of rotatable bonds is 6. The number of thiophene rings is 1. The number of carbonyl (C=O) groups is 1. The van der Waals surface area contributed by atoms with Crippen molar-refractivity contribution in [2.45, 2.75) is 0 Å². The molecule has 4 aromatic rings. The van der Waals surface area contributed by atoms with Gasteiger partial charge in [-0.2, -0.15) is 5.10 Å². The van der Waals surface area contributed by atoms with E-state index < -0.39 is 5.97 Å². The minimum atomic E-state index is -0.410. The van der Waals surface area contributed by atoms with Crippen molar-refractivity contribution in [3.63, 3.8) is 0 Å². The molecule has 0 bridgehead atoms. The lowest BCUT2D eigenvalue weighted by Gasteiger charge is -2.09. The van der Waals surface area contributed by atoms with Crippen LogP contribution in [0.4, 0.5) is 5.13 Å². The molecule has 0 aliphatic heterocycles. The Morgan fingerprint density at radius 1 is 1.14 bits per heavy atom. The number of nitrogens with one attached hydrogen (secondary N) is 1. The highest BCUT2D eigenvalue weighted by Gasteiger charge is 2.13. The fourth-order valence-corrected chi connectivity index (χ4v) is 3.89. The summed E-state index contributed by atoms with van der Waals surface area (Å²) in [5, 5.41) is 6.76. The normalized spacial score (nSPS) is 11.0. The Labute approximate surface area is 169 Å². The molecule has 2 aromatic carbocycles. The highest BCUT2D eigenvalue weighted by Crippen LogP contribution is 2.29. The third kappa shape index (κ3) is 4.03. The van der Waals surface area contributed by atoms with Gasteiger partial charge in [0.05, 0.1) is 23.5 Å². The fraction of sp³-hybridized carbons (Fsp3) is 0.0500. The van der Waals surface area contributed by atoms with Gasteiger partial charge in [-0.3, -0.25) is 5.43 Å². The lowest BCUT2D eigenvalue weighted by atomic mass is 10.2. The zero-order chi connectivity index (χ0) is 19.3. The topological polar surface area (TPSA) is 72.8 Å². The summed E-state index contributed by atoms with van der Waals surface area (Å²) < 4.78 is 11.9. The predicted octanol–water partition coefficient (Wildman–Crippen LogP) is 5.03. The molecular weight excluding hydrogens is 394 g/mol. The maximum atomic E-state index is 12.1. The Balaban J connectivity index is 1.46. The number of nitrogens with zero attached hydrogens (tertiary/aromatic N) is 2. The van der Waals surface area contributed by atoms with Crippen molar-refractivity contribution in [2.24, 2.45) is 5.10 Å². The van der Waals surface area contributed by atoms with E-state index in [1.807, 2.05) is 29.6 Å². The van der Waals surface area contributed by atoms with Gasteiger partial charge in [-0.15, -0.1) is 11.3 Å². The van der Waals surface area contributed by atoms with Gasteiger partial charge in [-0.1, -0.05) is 29.5 Å². The summed E-state index contributed by atoms with van der Waals surface area (Å²) >= 11 is 2.86. The minimum Gasteiger partial charge on any atom is -0.493 e. The van der Waals surface area contributed by atoms with Crippen molar-refractivity contribution in [3.8, 4) is 11.5 Å². The van der Waals surface area contributed by atoms with E-state index in [-0.39, 0.29) is 0 Å². The van der Waals surface area contributed by atoms with Crippen molar-refractivity contribution < 1.29 is 14.3 Å².